The number of hydrogen-bond acceptors (Lipinski definition) is 2. The van der Waals surface area contributed by atoms with Gasteiger partial charge in [-0.25, -0.2) is 0 Å². The minimum Gasteiger partial charge on any atom is -0.390 e. The minimum atomic E-state index is -0.443. The van der Waals surface area contributed by atoms with E-state index in [4.69, 9.17) is 0 Å². The zero-order valence-electron chi connectivity index (χ0n) is 8.84. The first-order valence-electron chi connectivity index (χ1n) is 5.18. The summed E-state index contributed by atoms with van der Waals surface area (Å²) >= 11 is 1.97. The van der Waals surface area contributed by atoms with Crippen LogP contribution in [0.2, 0.25) is 0 Å². The Bertz CT molecular complexity index is 201. The molecule has 2 bridgehead atoms. The van der Waals surface area contributed by atoms with Gasteiger partial charge >= 0.3 is 0 Å². The normalized spacial score (nSPS) is 43.4. The number of thioether (sulfide) groups is 1. The van der Waals surface area contributed by atoms with Crippen molar-refractivity contribution in [3.05, 3.63) is 0 Å². The maximum Gasteiger partial charge on any atom is 0.0622 e. The molecule has 3 fully saturated rings. The summed E-state index contributed by atoms with van der Waals surface area (Å²) in [6, 6.07) is 0. The SMILES string of the molecule is CSCC12CC(C1)C(C(C)(C)O)C2. The maximum atomic E-state index is 9.99. The quantitative estimate of drug-likeness (QED) is 0.755. The van der Waals surface area contributed by atoms with E-state index in [0.29, 0.717) is 11.3 Å². The summed E-state index contributed by atoms with van der Waals surface area (Å²) in [6.07, 6.45) is 6.21. The molecule has 1 nitrogen and oxygen atoms in total. The molecule has 3 aliphatic carbocycles. The zero-order valence-corrected chi connectivity index (χ0v) is 9.66. The van der Waals surface area contributed by atoms with Crippen LogP contribution in [0.1, 0.15) is 33.1 Å². The van der Waals surface area contributed by atoms with E-state index in [2.05, 4.69) is 6.26 Å². The first-order valence-corrected chi connectivity index (χ1v) is 6.58. The van der Waals surface area contributed by atoms with Gasteiger partial charge in [0.15, 0.2) is 0 Å². The van der Waals surface area contributed by atoms with E-state index < -0.39 is 5.60 Å². The van der Waals surface area contributed by atoms with Crippen LogP contribution >= 0.6 is 11.8 Å². The molecule has 3 aliphatic rings. The molecular weight excluding hydrogens is 180 g/mol. The van der Waals surface area contributed by atoms with Gasteiger partial charge in [0.1, 0.15) is 0 Å². The Morgan fingerprint density at radius 2 is 2.00 bits per heavy atom. The van der Waals surface area contributed by atoms with E-state index in [0.717, 1.165) is 5.92 Å². The van der Waals surface area contributed by atoms with Gasteiger partial charge in [0.2, 0.25) is 0 Å². The summed E-state index contributed by atoms with van der Waals surface area (Å²) in [6.45, 7) is 3.95. The highest BCUT2D eigenvalue weighted by molar-refractivity contribution is 7.98. The smallest absolute Gasteiger partial charge is 0.0622 e. The van der Waals surface area contributed by atoms with Crippen molar-refractivity contribution in [2.75, 3.05) is 12.0 Å². The summed E-state index contributed by atoms with van der Waals surface area (Å²) in [5, 5.41) is 9.99. The molecule has 3 saturated carbocycles. The van der Waals surface area contributed by atoms with Crippen LogP contribution in [0.4, 0.5) is 0 Å². The van der Waals surface area contributed by atoms with Gasteiger partial charge in [0, 0.05) is 0 Å². The van der Waals surface area contributed by atoms with E-state index in [9.17, 15) is 5.11 Å². The molecule has 1 N–H and O–H groups in total. The Labute approximate surface area is 85.3 Å². The Kier molecular flexibility index (Phi) is 2.20. The van der Waals surface area contributed by atoms with Crippen LogP contribution in [0, 0.1) is 17.3 Å². The van der Waals surface area contributed by atoms with E-state index in [1.165, 1.54) is 25.0 Å². The third-order valence-corrected chi connectivity index (χ3v) is 4.87. The molecule has 0 spiro atoms. The third kappa shape index (κ3) is 1.52. The molecule has 0 aromatic carbocycles. The topological polar surface area (TPSA) is 20.2 Å². The molecule has 3 rings (SSSR count). The highest BCUT2D eigenvalue weighted by Gasteiger charge is 2.58. The van der Waals surface area contributed by atoms with E-state index in [1.807, 2.05) is 25.6 Å². The number of fused-ring (bicyclic) bond motifs is 1. The second kappa shape index (κ2) is 2.90. The maximum absolute atomic E-state index is 9.99. The van der Waals surface area contributed by atoms with Gasteiger partial charge in [0.25, 0.3) is 0 Å². The molecule has 1 unspecified atom stereocenters. The van der Waals surface area contributed by atoms with Crippen molar-refractivity contribution in [2.24, 2.45) is 17.3 Å². The van der Waals surface area contributed by atoms with Crippen LogP contribution in [0.15, 0.2) is 0 Å². The van der Waals surface area contributed by atoms with Crippen molar-refractivity contribution in [2.45, 2.75) is 38.7 Å². The lowest BCUT2D eigenvalue weighted by Crippen LogP contribution is -2.34. The highest BCUT2D eigenvalue weighted by atomic mass is 32.2. The van der Waals surface area contributed by atoms with Gasteiger partial charge in [-0.2, -0.15) is 11.8 Å². The molecule has 0 amide bonds. The lowest BCUT2D eigenvalue weighted by atomic mass is 9.70. The molecule has 0 heterocycles. The van der Waals surface area contributed by atoms with Crippen LogP contribution in [-0.4, -0.2) is 22.7 Å². The molecule has 0 radical (unpaired) electrons. The number of rotatable bonds is 3. The van der Waals surface area contributed by atoms with E-state index >= 15 is 0 Å². The van der Waals surface area contributed by atoms with Gasteiger partial charge in [-0.15, -0.1) is 0 Å². The van der Waals surface area contributed by atoms with Gasteiger partial charge < -0.3 is 5.11 Å². The van der Waals surface area contributed by atoms with Crippen molar-refractivity contribution in [3.8, 4) is 0 Å². The summed E-state index contributed by atoms with van der Waals surface area (Å²) < 4.78 is 0. The first kappa shape index (κ1) is 9.85. The predicted octanol–water partition coefficient (Wildman–Crippen LogP) is 2.54. The summed E-state index contributed by atoms with van der Waals surface area (Å²) in [5.41, 5.74) is 0.177. The van der Waals surface area contributed by atoms with Crippen LogP contribution < -0.4 is 0 Å². The van der Waals surface area contributed by atoms with Crippen molar-refractivity contribution in [1.82, 2.24) is 0 Å². The summed E-state index contributed by atoms with van der Waals surface area (Å²) in [5.74, 6) is 2.70. The molecule has 13 heavy (non-hydrogen) atoms. The van der Waals surface area contributed by atoms with Crippen molar-refractivity contribution in [3.63, 3.8) is 0 Å². The van der Waals surface area contributed by atoms with Crippen molar-refractivity contribution < 1.29 is 5.11 Å². The Hall–Kier alpha value is 0.310. The van der Waals surface area contributed by atoms with E-state index in [1.54, 1.807) is 0 Å². The average molecular weight is 200 g/mol. The van der Waals surface area contributed by atoms with Crippen molar-refractivity contribution in [1.29, 1.82) is 0 Å². The predicted molar refractivity (Wildman–Crippen MR) is 57.9 cm³/mol. The fourth-order valence-corrected chi connectivity index (χ4v) is 4.41. The molecule has 0 aliphatic heterocycles. The van der Waals surface area contributed by atoms with Crippen LogP contribution in [0.5, 0.6) is 0 Å². The van der Waals surface area contributed by atoms with Crippen LogP contribution in [0.25, 0.3) is 0 Å². The minimum absolute atomic E-state index is 0.443. The molecule has 2 heteroatoms. The highest BCUT2D eigenvalue weighted by Crippen LogP contribution is 2.64. The molecule has 0 aromatic heterocycles. The summed E-state index contributed by atoms with van der Waals surface area (Å²) in [4.78, 5) is 0. The van der Waals surface area contributed by atoms with Crippen LogP contribution in [-0.2, 0) is 0 Å². The molecular formula is C11H20OS. The second-order valence-corrected chi connectivity index (χ2v) is 6.43. The lowest BCUT2D eigenvalue weighted by Gasteiger charge is -2.39. The van der Waals surface area contributed by atoms with Gasteiger partial charge in [-0.3, -0.25) is 0 Å². The fraction of sp³-hybridized carbons (Fsp3) is 1.00. The molecule has 1 atom stereocenters. The monoisotopic (exact) mass is 200 g/mol. The number of aliphatic hydroxyl groups is 1. The zero-order chi connectivity index (χ0) is 9.69. The molecule has 0 saturated heterocycles. The van der Waals surface area contributed by atoms with Gasteiger partial charge in [-0.1, -0.05) is 0 Å². The first-order chi connectivity index (χ1) is 5.97. The summed E-state index contributed by atoms with van der Waals surface area (Å²) in [7, 11) is 0. The number of hydrogen-bond donors (Lipinski definition) is 1. The van der Waals surface area contributed by atoms with Gasteiger partial charge in [0.05, 0.1) is 5.60 Å². The Balaban J connectivity index is 2.01. The van der Waals surface area contributed by atoms with Gasteiger partial charge in [-0.05, 0) is 62.4 Å². The average Bonchev–Trinajstić information content (AvgIpc) is 2.39. The lowest BCUT2D eigenvalue weighted by molar-refractivity contribution is 0.00298. The Morgan fingerprint density at radius 1 is 1.38 bits per heavy atom. The van der Waals surface area contributed by atoms with Crippen molar-refractivity contribution >= 4 is 11.8 Å². The van der Waals surface area contributed by atoms with E-state index in [-0.39, 0.29) is 0 Å². The standard InChI is InChI=1S/C11H20OS/c1-10(2,12)9-6-11(7-13-3)4-8(9)5-11/h8-9,12H,4-7H2,1-3H3. The molecule has 76 valence electrons. The fourth-order valence-electron chi connectivity index (χ4n) is 3.45. The largest absolute Gasteiger partial charge is 0.390 e. The molecule has 0 aromatic rings. The third-order valence-electron chi connectivity index (χ3n) is 3.97. The second-order valence-electron chi connectivity index (χ2n) is 5.57. The Morgan fingerprint density at radius 3 is 2.38 bits per heavy atom. The van der Waals surface area contributed by atoms with Crippen LogP contribution in [0.3, 0.4) is 0 Å².